The largest absolute Gasteiger partial charge is 0.488 e. The summed E-state index contributed by atoms with van der Waals surface area (Å²) < 4.78 is 6.51. The second kappa shape index (κ2) is 6.39. The Morgan fingerprint density at radius 3 is 3.11 bits per heavy atom. The fourth-order valence-corrected chi connectivity index (χ4v) is 2.49. The van der Waals surface area contributed by atoms with Gasteiger partial charge in [-0.2, -0.15) is 0 Å². The van der Waals surface area contributed by atoms with Crippen LogP contribution >= 0.6 is 15.9 Å². The van der Waals surface area contributed by atoms with Crippen LogP contribution in [0.2, 0.25) is 0 Å². The minimum absolute atomic E-state index is 0.524. The van der Waals surface area contributed by atoms with Gasteiger partial charge in [-0.3, -0.25) is 0 Å². The van der Waals surface area contributed by atoms with E-state index in [-0.39, 0.29) is 0 Å². The van der Waals surface area contributed by atoms with Gasteiger partial charge in [-0.15, -0.1) is 0 Å². The third-order valence-corrected chi connectivity index (χ3v) is 3.46. The zero-order chi connectivity index (χ0) is 13.0. The predicted octanol–water partition coefficient (Wildman–Crippen LogP) is 3.96. The molecule has 0 saturated heterocycles. The van der Waals surface area contributed by atoms with Crippen LogP contribution in [0.4, 0.5) is 0 Å². The van der Waals surface area contributed by atoms with Gasteiger partial charge in [0.05, 0.1) is 0 Å². The molecular weight excluding hydrogens is 290 g/mol. The van der Waals surface area contributed by atoms with Gasteiger partial charge < -0.3 is 10.1 Å². The highest BCUT2D eigenvalue weighted by atomic mass is 79.9. The lowest BCUT2D eigenvalue weighted by atomic mass is 10.1. The highest BCUT2D eigenvalue weighted by molar-refractivity contribution is 9.11. The molecule has 0 bridgehead atoms. The molecule has 0 fully saturated rings. The molecular formula is C15H20BrNO. The van der Waals surface area contributed by atoms with E-state index in [1.165, 1.54) is 24.0 Å². The summed E-state index contributed by atoms with van der Waals surface area (Å²) in [6.45, 7) is 7.58. The second-order valence-corrected chi connectivity index (χ2v) is 5.83. The van der Waals surface area contributed by atoms with Crippen molar-refractivity contribution >= 4 is 15.9 Å². The summed E-state index contributed by atoms with van der Waals surface area (Å²) in [5.41, 5.74) is 2.86. The number of rotatable bonds is 6. The third kappa shape index (κ3) is 3.36. The zero-order valence-corrected chi connectivity index (χ0v) is 12.4. The Labute approximate surface area is 118 Å². The molecule has 98 valence electrons. The molecule has 0 spiro atoms. The maximum absolute atomic E-state index is 5.64. The van der Waals surface area contributed by atoms with Gasteiger partial charge in [-0.1, -0.05) is 35.5 Å². The van der Waals surface area contributed by atoms with Crippen LogP contribution in [0.1, 0.15) is 36.9 Å². The minimum Gasteiger partial charge on any atom is -0.488 e. The van der Waals surface area contributed by atoms with Crippen molar-refractivity contribution in [2.24, 2.45) is 0 Å². The fourth-order valence-electron chi connectivity index (χ4n) is 2.38. The van der Waals surface area contributed by atoms with E-state index < -0.39 is 0 Å². The number of nitrogens with one attached hydrogen (secondary N) is 1. The number of hydrogen-bond acceptors (Lipinski definition) is 2. The van der Waals surface area contributed by atoms with Crippen LogP contribution in [0.5, 0.6) is 5.75 Å². The summed E-state index contributed by atoms with van der Waals surface area (Å²) >= 11 is 3.30. The molecule has 18 heavy (non-hydrogen) atoms. The van der Waals surface area contributed by atoms with Crippen molar-refractivity contribution in [1.29, 1.82) is 0 Å². The predicted molar refractivity (Wildman–Crippen MR) is 79.4 cm³/mol. The van der Waals surface area contributed by atoms with E-state index in [0.29, 0.717) is 12.6 Å². The van der Waals surface area contributed by atoms with Gasteiger partial charge in [-0.05, 0) is 49.1 Å². The molecule has 1 aromatic rings. The fraction of sp³-hybridized carbons (Fsp3) is 0.467. The first-order valence-corrected chi connectivity index (χ1v) is 7.32. The van der Waals surface area contributed by atoms with Crippen molar-refractivity contribution in [3.63, 3.8) is 0 Å². The van der Waals surface area contributed by atoms with Crippen molar-refractivity contribution in [3.8, 4) is 5.75 Å². The zero-order valence-electron chi connectivity index (χ0n) is 10.8. The Balaban J connectivity index is 2.03. The first-order chi connectivity index (χ1) is 8.70. The molecule has 1 unspecified atom stereocenters. The lowest BCUT2D eigenvalue weighted by Crippen LogP contribution is -2.19. The Kier molecular flexibility index (Phi) is 4.84. The van der Waals surface area contributed by atoms with Gasteiger partial charge in [0.2, 0.25) is 0 Å². The molecule has 2 rings (SSSR count). The molecule has 1 aliphatic rings. The third-order valence-electron chi connectivity index (χ3n) is 3.23. The van der Waals surface area contributed by atoms with Gasteiger partial charge in [0.15, 0.2) is 0 Å². The van der Waals surface area contributed by atoms with Crippen molar-refractivity contribution in [3.05, 3.63) is 40.4 Å². The van der Waals surface area contributed by atoms with Crippen LogP contribution in [-0.4, -0.2) is 13.2 Å². The molecule has 1 aliphatic carbocycles. The standard InChI is InChI=1S/C15H20BrNO/c1-3-8-17-15-7-4-12-9-13(5-6-14(12)15)18-10-11(2)16/h5-6,9,15,17H,2-4,7-8,10H2,1H3. The summed E-state index contributed by atoms with van der Waals surface area (Å²) in [6, 6.07) is 6.95. The maximum atomic E-state index is 5.64. The average molecular weight is 310 g/mol. The number of hydrogen-bond donors (Lipinski definition) is 1. The number of benzene rings is 1. The van der Waals surface area contributed by atoms with Crippen molar-refractivity contribution in [1.82, 2.24) is 5.32 Å². The Morgan fingerprint density at radius 1 is 1.56 bits per heavy atom. The second-order valence-electron chi connectivity index (χ2n) is 4.71. The Morgan fingerprint density at radius 2 is 2.39 bits per heavy atom. The van der Waals surface area contributed by atoms with E-state index in [2.05, 4.69) is 52.9 Å². The molecule has 1 aromatic carbocycles. The van der Waals surface area contributed by atoms with E-state index in [9.17, 15) is 0 Å². The minimum atomic E-state index is 0.524. The smallest absolute Gasteiger partial charge is 0.120 e. The molecule has 1 atom stereocenters. The lowest BCUT2D eigenvalue weighted by molar-refractivity contribution is 0.360. The first kappa shape index (κ1) is 13.6. The summed E-state index contributed by atoms with van der Waals surface area (Å²) in [4.78, 5) is 0. The van der Waals surface area contributed by atoms with Gasteiger partial charge in [0, 0.05) is 10.5 Å². The molecule has 0 aliphatic heterocycles. The summed E-state index contributed by atoms with van der Waals surface area (Å²) in [5, 5.41) is 3.59. The van der Waals surface area contributed by atoms with E-state index >= 15 is 0 Å². The van der Waals surface area contributed by atoms with Crippen molar-refractivity contribution in [2.75, 3.05) is 13.2 Å². The maximum Gasteiger partial charge on any atom is 0.120 e. The number of ether oxygens (including phenoxy) is 1. The number of fused-ring (bicyclic) bond motifs is 1. The van der Waals surface area contributed by atoms with Crippen LogP contribution in [0, 0.1) is 0 Å². The summed E-state index contributed by atoms with van der Waals surface area (Å²) in [6.07, 6.45) is 3.52. The quantitative estimate of drug-likeness (QED) is 0.859. The first-order valence-electron chi connectivity index (χ1n) is 6.53. The average Bonchev–Trinajstić information content (AvgIpc) is 2.76. The van der Waals surface area contributed by atoms with Crippen LogP contribution in [0.3, 0.4) is 0 Å². The molecule has 0 heterocycles. The molecule has 3 heteroatoms. The SMILES string of the molecule is C=C(Br)COc1ccc2c(c1)CCC2NCCC. The monoisotopic (exact) mass is 309 g/mol. The van der Waals surface area contributed by atoms with Crippen LogP contribution in [-0.2, 0) is 6.42 Å². The summed E-state index contributed by atoms with van der Waals surface area (Å²) in [5.74, 6) is 0.936. The van der Waals surface area contributed by atoms with Crippen molar-refractivity contribution < 1.29 is 4.74 Å². The van der Waals surface area contributed by atoms with Gasteiger partial charge >= 0.3 is 0 Å². The van der Waals surface area contributed by atoms with Crippen molar-refractivity contribution in [2.45, 2.75) is 32.2 Å². The lowest BCUT2D eigenvalue weighted by Gasteiger charge is -2.14. The molecule has 0 amide bonds. The Bertz CT molecular complexity index is 431. The van der Waals surface area contributed by atoms with E-state index in [1.807, 2.05) is 0 Å². The molecule has 0 radical (unpaired) electrons. The van der Waals surface area contributed by atoms with Gasteiger partial charge in [-0.25, -0.2) is 0 Å². The normalized spacial score (nSPS) is 17.6. The van der Waals surface area contributed by atoms with Crippen LogP contribution in [0.15, 0.2) is 29.3 Å². The topological polar surface area (TPSA) is 21.3 Å². The van der Waals surface area contributed by atoms with Gasteiger partial charge in [0.25, 0.3) is 0 Å². The van der Waals surface area contributed by atoms with E-state index in [1.54, 1.807) is 0 Å². The molecule has 0 saturated carbocycles. The van der Waals surface area contributed by atoms with E-state index in [4.69, 9.17) is 4.74 Å². The highest BCUT2D eigenvalue weighted by Crippen LogP contribution is 2.33. The van der Waals surface area contributed by atoms with Gasteiger partial charge in [0.1, 0.15) is 12.4 Å². The Hall–Kier alpha value is -0.800. The molecule has 1 N–H and O–H groups in total. The van der Waals surface area contributed by atoms with E-state index in [0.717, 1.165) is 23.2 Å². The van der Waals surface area contributed by atoms with Crippen LogP contribution in [0.25, 0.3) is 0 Å². The molecule has 2 nitrogen and oxygen atoms in total. The summed E-state index contributed by atoms with van der Waals surface area (Å²) in [7, 11) is 0. The molecule has 0 aromatic heterocycles. The number of aryl methyl sites for hydroxylation is 1. The van der Waals surface area contributed by atoms with Crippen LogP contribution < -0.4 is 10.1 Å². The highest BCUT2D eigenvalue weighted by Gasteiger charge is 2.21. The number of halogens is 1.